The van der Waals surface area contributed by atoms with Gasteiger partial charge < -0.3 is 5.32 Å². The molecule has 0 atom stereocenters. The van der Waals surface area contributed by atoms with Crippen LogP contribution in [0.3, 0.4) is 0 Å². The van der Waals surface area contributed by atoms with Crippen LogP contribution in [-0.2, 0) is 19.4 Å². The average molecular weight is 375 g/mol. The summed E-state index contributed by atoms with van der Waals surface area (Å²) in [5.74, 6) is 5.11. The molecule has 3 N–H and O–H groups in total. The van der Waals surface area contributed by atoms with Crippen molar-refractivity contribution in [3.8, 4) is 0 Å². The van der Waals surface area contributed by atoms with Crippen LogP contribution in [0.1, 0.15) is 26.7 Å². The van der Waals surface area contributed by atoms with Gasteiger partial charge in [0.1, 0.15) is 0 Å². The molecule has 7 nitrogen and oxygen atoms in total. The van der Waals surface area contributed by atoms with Crippen LogP contribution in [0.2, 0.25) is 0 Å². The Balaban J connectivity index is 2.21. The summed E-state index contributed by atoms with van der Waals surface area (Å²) in [5, 5.41) is 3.64. The molecule has 2 aromatic carbocycles. The Morgan fingerprint density at radius 3 is 1.96 bits per heavy atom. The molecular weight excluding hydrogens is 354 g/mol. The van der Waals surface area contributed by atoms with E-state index in [1.54, 1.807) is 12.1 Å². The first-order valence-electron chi connectivity index (χ1n) is 8.06. The van der Waals surface area contributed by atoms with Gasteiger partial charge in [-0.2, -0.15) is 0 Å². The molecule has 2 amide bonds. The van der Waals surface area contributed by atoms with Gasteiger partial charge in [0.25, 0.3) is 0 Å². The van der Waals surface area contributed by atoms with E-state index < -0.39 is 9.84 Å². The number of hydrogen-bond acceptors (Lipinski definition) is 5. The van der Waals surface area contributed by atoms with Gasteiger partial charge in [0.2, 0.25) is 21.7 Å². The second-order valence-electron chi connectivity index (χ2n) is 5.71. The normalized spacial score (nSPS) is 11.0. The minimum absolute atomic E-state index is 0.0842. The third-order valence-corrected chi connectivity index (χ3v) is 5.48. The van der Waals surface area contributed by atoms with Crippen LogP contribution in [0.15, 0.2) is 58.3 Å². The Morgan fingerprint density at radius 2 is 1.50 bits per heavy atom. The second kappa shape index (κ2) is 8.11. The van der Waals surface area contributed by atoms with Gasteiger partial charge in [-0.05, 0) is 55.0 Å². The summed E-state index contributed by atoms with van der Waals surface area (Å²) in [6.07, 6.45) is 1.14. The van der Waals surface area contributed by atoms with Gasteiger partial charge in [-0.1, -0.05) is 6.92 Å². The molecule has 0 saturated carbocycles. The van der Waals surface area contributed by atoms with Crippen LogP contribution in [0, 0.1) is 0 Å². The minimum Gasteiger partial charge on any atom is -0.326 e. The summed E-state index contributed by atoms with van der Waals surface area (Å²) in [7, 11) is -3.71. The summed E-state index contributed by atoms with van der Waals surface area (Å²) in [5.41, 5.74) is 0.934. The van der Waals surface area contributed by atoms with Crippen molar-refractivity contribution in [2.75, 3.05) is 10.3 Å². The van der Waals surface area contributed by atoms with E-state index in [0.29, 0.717) is 17.8 Å². The molecule has 0 unspecified atom stereocenters. The number of nitrogens with two attached hydrogens (primary N) is 1. The van der Waals surface area contributed by atoms with Crippen molar-refractivity contribution in [3.63, 3.8) is 0 Å². The Labute approximate surface area is 152 Å². The number of carbonyl (C=O) groups is 2. The molecule has 0 radical (unpaired) electrons. The Morgan fingerprint density at radius 1 is 1.00 bits per heavy atom. The number of carbonyl (C=O) groups excluding carboxylic acids is 2. The Bertz CT molecular complexity index is 891. The fourth-order valence-electron chi connectivity index (χ4n) is 2.27. The number of hydrogen-bond donors (Lipinski definition) is 2. The minimum atomic E-state index is -3.71. The zero-order valence-corrected chi connectivity index (χ0v) is 15.4. The second-order valence-corrected chi connectivity index (χ2v) is 7.66. The third-order valence-electron chi connectivity index (χ3n) is 3.69. The maximum absolute atomic E-state index is 12.7. The quantitative estimate of drug-likeness (QED) is 0.458. The van der Waals surface area contributed by atoms with Gasteiger partial charge in [-0.15, -0.1) is 0 Å². The highest BCUT2D eigenvalue weighted by atomic mass is 32.2. The summed E-state index contributed by atoms with van der Waals surface area (Å²) in [6, 6.07) is 11.7. The molecule has 0 heterocycles. The Kier molecular flexibility index (Phi) is 6.12. The van der Waals surface area contributed by atoms with Crippen molar-refractivity contribution in [2.45, 2.75) is 36.5 Å². The molecule has 0 aliphatic rings. The number of amides is 2. The van der Waals surface area contributed by atoms with Crippen LogP contribution in [0.5, 0.6) is 0 Å². The van der Waals surface area contributed by atoms with E-state index >= 15 is 0 Å². The van der Waals surface area contributed by atoms with Crippen LogP contribution < -0.4 is 16.2 Å². The number of hydrazine groups is 1. The molecule has 2 aromatic rings. The molecule has 0 aliphatic carbocycles. The summed E-state index contributed by atoms with van der Waals surface area (Å²) < 4.78 is 25.4. The molecule has 0 fully saturated rings. The highest BCUT2D eigenvalue weighted by molar-refractivity contribution is 7.91. The van der Waals surface area contributed by atoms with Gasteiger partial charge >= 0.3 is 0 Å². The van der Waals surface area contributed by atoms with Crippen molar-refractivity contribution >= 4 is 33.0 Å². The largest absolute Gasteiger partial charge is 0.326 e. The van der Waals surface area contributed by atoms with E-state index in [4.69, 9.17) is 5.84 Å². The van der Waals surface area contributed by atoms with Crippen molar-refractivity contribution < 1.29 is 18.0 Å². The lowest BCUT2D eigenvalue weighted by molar-refractivity contribution is -0.117. The molecule has 0 spiro atoms. The van der Waals surface area contributed by atoms with E-state index in [-0.39, 0.29) is 21.6 Å². The average Bonchev–Trinajstić information content (AvgIpc) is 2.61. The molecule has 0 aliphatic heterocycles. The lowest BCUT2D eigenvalue weighted by atomic mass is 10.3. The lowest BCUT2D eigenvalue weighted by Crippen LogP contribution is -2.35. The van der Waals surface area contributed by atoms with Crippen LogP contribution >= 0.6 is 0 Å². The fourth-order valence-corrected chi connectivity index (χ4v) is 3.53. The fraction of sp³-hybridized carbons (Fsp3) is 0.222. The predicted octanol–water partition coefficient (Wildman–Crippen LogP) is 2.48. The Hall–Kier alpha value is -2.71. The van der Waals surface area contributed by atoms with E-state index in [1.807, 2.05) is 6.92 Å². The zero-order valence-electron chi connectivity index (χ0n) is 14.6. The van der Waals surface area contributed by atoms with Crippen molar-refractivity contribution in [3.05, 3.63) is 48.5 Å². The van der Waals surface area contributed by atoms with Gasteiger partial charge in [0, 0.05) is 19.0 Å². The monoisotopic (exact) mass is 375 g/mol. The molecule has 0 bridgehead atoms. The molecular formula is C18H21N3O4S. The number of nitrogens with zero attached hydrogens (tertiary/aromatic N) is 1. The molecule has 0 aromatic heterocycles. The molecule has 8 heteroatoms. The number of nitrogens with one attached hydrogen (secondary N) is 1. The highest BCUT2D eigenvalue weighted by Crippen LogP contribution is 2.24. The highest BCUT2D eigenvalue weighted by Gasteiger charge is 2.18. The van der Waals surface area contributed by atoms with E-state index in [1.165, 1.54) is 43.3 Å². The maximum Gasteiger partial charge on any atom is 0.238 e. The van der Waals surface area contributed by atoms with Gasteiger partial charge in [-0.3, -0.25) is 9.59 Å². The maximum atomic E-state index is 12.7. The molecule has 2 rings (SSSR count). The zero-order chi connectivity index (χ0) is 19.3. The topological polar surface area (TPSA) is 110 Å². The number of sulfone groups is 1. The molecule has 138 valence electrons. The number of rotatable bonds is 6. The summed E-state index contributed by atoms with van der Waals surface area (Å²) in [4.78, 5) is 23.0. The summed E-state index contributed by atoms with van der Waals surface area (Å²) in [6.45, 7) is 3.21. The smallest absolute Gasteiger partial charge is 0.238 e. The molecule has 26 heavy (non-hydrogen) atoms. The van der Waals surface area contributed by atoms with Gasteiger partial charge in [-0.25, -0.2) is 19.3 Å². The standard InChI is InChI=1S/C18H21N3O4S/c1-3-4-18(23)20-14-5-9-16(10-6-14)26(24,25)17-11-7-15(8-12-17)21(19)13(2)22/h5-12H,3-4,19H2,1-2H3,(H,20,23). The van der Waals surface area contributed by atoms with E-state index in [9.17, 15) is 18.0 Å². The van der Waals surface area contributed by atoms with E-state index in [0.717, 1.165) is 11.4 Å². The van der Waals surface area contributed by atoms with Crippen LogP contribution in [0.4, 0.5) is 11.4 Å². The first kappa shape index (κ1) is 19.6. The van der Waals surface area contributed by atoms with Gasteiger partial charge in [0.15, 0.2) is 0 Å². The van der Waals surface area contributed by atoms with Crippen molar-refractivity contribution in [1.29, 1.82) is 0 Å². The lowest BCUT2D eigenvalue weighted by Gasteiger charge is -2.14. The SMILES string of the molecule is CCCC(=O)Nc1ccc(S(=O)(=O)c2ccc(N(N)C(C)=O)cc2)cc1. The summed E-state index contributed by atoms with van der Waals surface area (Å²) >= 11 is 0. The predicted molar refractivity (Wildman–Crippen MR) is 99.2 cm³/mol. The molecule has 0 saturated heterocycles. The van der Waals surface area contributed by atoms with Gasteiger partial charge in [0.05, 0.1) is 15.5 Å². The van der Waals surface area contributed by atoms with Crippen LogP contribution in [-0.4, -0.2) is 20.2 Å². The first-order chi connectivity index (χ1) is 12.3. The third kappa shape index (κ3) is 4.47. The van der Waals surface area contributed by atoms with E-state index in [2.05, 4.69) is 5.32 Å². The number of benzene rings is 2. The number of anilines is 2. The van der Waals surface area contributed by atoms with Crippen LogP contribution in [0.25, 0.3) is 0 Å². The first-order valence-corrected chi connectivity index (χ1v) is 9.54. The van der Waals surface area contributed by atoms with Crippen molar-refractivity contribution in [1.82, 2.24) is 0 Å². The van der Waals surface area contributed by atoms with Crippen molar-refractivity contribution in [2.24, 2.45) is 5.84 Å².